The lowest BCUT2D eigenvalue weighted by Crippen LogP contribution is -2.66. The third-order valence-electron chi connectivity index (χ3n) is 14.3. The van der Waals surface area contributed by atoms with Crippen molar-refractivity contribution in [1.82, 2.24) is 9.80 Å². The lowest BCUT2D eigenvalue weighted by atomic mass is 9.64. The number of ether oxygens (including phenoxy) is 6. The molecule has 2 aromatic rings. The van der Waals surface area contributed by atoms with Crippen LogP contribution >= 0.6 is 0 Å². The van der Waals surface area contributed by atoms with Gasteiger partial charge in [-0.2, -0.15) is 8.78 Å². The molecule has 4 fully saturated rings. The molecule has 15 heteroatoms. The number of aliphatic hydroxyl groups excluding tert-OH is 1. The minimum Gasteiger partial charge on any atom is -0.458 e. The van der Waals surface area contributed by atoms with Gasteiger partial charge in [-0.3, -0.25) is 19.3 Å². The third-order valence-corrected chi connectivity index (χ3v) is 14.3. The molecule has 1 spiro atoms. The number of aryl methyl sites for hydroxylation is 1. The summed E-state index contributed by atoms with van der Waals surface area (Å²) in [6, 6.07) is 15.0. The highest BCUT2D eigenvalue weighted by Gasteiger charge is 2.70. The molecule has 0 radical (unpaired) electrons. The maximum atomic E-state index is 14.9. The second-order valence-electron chi connectivity index (χ2n) is 18.1. The average Bonchev–Trinajstić information content (AvgIpc) is 3.72. The molecule has 342 valence electrons. The second kappa shape index (κ2) is 19.0. The van der Waals surface area contributed by atoms with Crippen molar-refractivity contribution >= 4 is 23.6 Å². The zero-order valence-corrected chi connectivity index (χ0v) is 37.4. The zero-order valence-electron chi connectivity index (χ0n) is 37.4. The number of amides is 1. The van der Waals surface area contributed by atoms with Gasteiger partial charge in [0.15, 0.2) is 17.7 Å². The van der Waals surface area contributed by atoms with Crippen LogP contribution in [0.1, 0.15) is 91.7 Å². The number of ketones is 2. The first-order chi connectivity index (χ1) is 29.3. The van der Waals surface area contributed by atoms with E-state index in [0.717, 1.165) is 12.8 Å². The Morgan fingerprint density at radius 2 is 1.65 bits per heavy atom. The highest BCUT2D eigenvalue weighted by Crippen LogP contribution is 2.54. The van der Waals surface area contributed by atoms with E-state index < -0.39 is 102 Å². The molecule has 62 heavy (non-hydrogen) atoms. The van der Waals surface area contributed by atoms with Crippen LogP contribution in [-0.2, 0) is 51.0 Å². The molecule has 1 amide bonds. The van der Waals surface area contributed by atoms with Crippen LogP contribution in [0.5, 0.6) is 5.75 Å². The number of Topliss-reactive ketones (excluding diaryl/α,β-unsaturated/α-hetero) is 2. The molecule has 13 atom stereocenters. The summed E-state index contributed by atoms with van der Waals surface area (Å²) in [5, 5.41) is 11.8. The van der Waals surface area contributed by atoms with Gasteiger partial charge in [0, 0.05) is 43.6 Å². The number of nitrogens with zero attached hydrogens (tertiary/aromatic N) is 2. The van der Waals surface area contributed by atoms with Gasteiger partial charge in [-0.15, -0.1) is 0 Å². The summed E-state index contributed by atoms with van der Waals surface area (Å²) in [7, 11) is 3.21. The summed E-state index contributed by atoms with van der Waals surface area (Å²) in [6.45, 7) is 9.33. The van der Waals surface area contributed by atoms with Crippen LogP contribution in [0.25, 0.3) is 0 Å². The quantitative estimate of drug-likeness (QED) is 0.137. The molecule has 2 unspecified atom stereocenters. The van der Waals surface area contributed by atoms with Crippen LogP contribution in [0.2, 0.25) is 0 Å². The van der Waals surface area contributed by atoms with Gasteiger partial charge >= 0.3 is 18.7 Å². The maximum absolute atomic E-state index is 14.9. The van der Waals surface area contributed by atoms with Gasteiger partial charge in [0.2, 0.25) is 0 Å². The summed E-state index contributed by atoms with van der Waals surface area (Å²) >= 11 is 0. The lowest BCUT2D eigenvalue weighted by Gasteiger charge is -2.51. The molecule has 4 saturated heterocycles. The van der Waals surface area contributed by atoms with Crippen molar-refractivity contribution in [3.05, 3.63) is 65.7 Å². The van der Waals surface area contributed by atoms with Gasteiger partial charge in [0.25, 0.3) is 0 Å². The minimum atomic E-state index is -3.03. The SMILES string of the molecule is CCC1OC(=O)[C@H](C)C(=O)[C@H](C)[C@@]2(O[C@@H]3OC2C[C@H](N(C)Cc2ccccc2OC(F)F)[C@H]3O)[C@](C)(OC)C[C@@H](C)C(=O)[C@H](C)[C@H]2N(CCCCc3ccccc3)C(=O)O[C@]12C. The Hall–Kier alpha value is -4.02. The lowest BCUT2D eigenvalue weighted by molar-refractivity contribution is -0.229. The Morgan fingerprint density at radius 1 is 0.968 bits per heavy atom. The van der Waals surface area contributed by atoms with Crippen LogP contribution in [0, 0.1) is 23.7 Å². The number of hydrogen-bond donors (Lipinski definition) is 1. The van der Waals surface area contributed by atoms with Gasteiger partial charge in [-0.1, -0.05) is 76.2 Å². The highest BCUT2D eigenvalue weighted by atomic mass is 19.3. The number of halogens is 2. The molecule has 2 bridgehead atoms. The Bertz CT molecular complexity index is 1920. The van der Waals surface area contributed by atoms with Crippen molar-refractivity contribution in [2.45, 2.75) is 154 Å². The van der Waals surface area contributed by atoms with Crippen LogP contribution in [0.3, 0.4) is 0 Å². The second-order valence-corrected chi connectivity index (χ2v) is 18.1. The van der Waals surface area contributed by atoms with Crippen molar-refractivity contribution in [3.63, 3.8) is 0 Å². The molecule has 0 aliphatic carbocycles. The number of methoxy groups -OCH3 is 1. The monoisotopic (exact) mass is 870 g/mol. The molecule has 0 aromatic heterocycles. The highest BCUT2D eigenvalue weighted by molar-refractivity contribution is 6.00. The van der Waals surface area contributed by atoms with E-state index >= 15 is 0 Å². The molecule has 2 aromatic carbocycles. The number of likely N-dealkylation sites (N-methyl/N-ethyl adjacent to an activating group) is 1. The summed E-state index contributed by atoms with van der Waals surface area (Å²) in [5.74, 6) is -5.49. The maximum Gasteiger partial charge on any atom is 0.410 e. The Kier molecular flexibility index (Phi) is 14.5. The van der Waals surface area contributed by atoms with Crippen LogP contribution in [0.4, 0.5) is 13.6 Å². The predicted octanol–water partition coefficient (Wildman–Crippen LogP) is 6.75. The molecular formula is C47H64F2N2O11. The Balaban J connectivity index is 1.34. The number of carbonyl (C=O) groups is 4. The zero-order chi connectivity index (χ0) is 45.3. The molecular weight excluding hydrogens is 807 g/mol. The first-order valence-corrected chi connectivity index (χ1v) is 21.9. The largest absolute Gasteiger partial charge is 0.458 e. The van der Waals surface area contributed by atoms with Crippen LogP contribution in [0.15, 0.2) is 54.6 Å². The molecule has 1 N–H and O–H groups in total. The Labute approximate surface area is 363 Å². The number of fused-ring (bicyclic) bond motifs is 4. The number of cyclic esters (lactones) is 1. The number of esters is 1. The number of rotatable bonds is 12. The van der Waals surface area contributed by atoms with Gasteiger partial charge in [-0.05, 0) is 78.0 Å². The van der Waals surface area contributed by atoms with E-state index in [1.165, 1.54) is 25.7 Å². The topological polar surface area (TPSA) is 150 Å². The summed E-state index contributed by atoms with van der Waals surface area (Å²) in [6.07, 6.45) is -2.43. The van der Waals surface area contributed by atoms with Gasteiger partial charge in [0.1, 0.15) is 35.3 Å². The van der Waals surface area contributed by atoms with Crippen molar-refractivity contribution in [1.29, 1.82) is 0 Å². The fraction of sp³-hybridized carbons (Fsp3) is 0.660. The van der Waals surface area contributed by atoms with Crippen LogP contribution < -0.4 is 4.74 Å². The van der Waals surface area contributed by atoms with E-state index in [-0.39, 0.29) is 37.3 Å². The van der Waals surface area contributed by atoms with Crippen molar-refractivity contribution in [3.8, 4) is 5.75 Å². The number of alkyl halides is 2. The van der Waals surface area contributed by atoms with Crippen LogP contribution in [-0.4, -0.2) is 119 Å². The molecule has 13 nitrogen and oxygen atoms in total. The van der Waals surface area contributed by atoms with Crippen molar-refractivity contribution in [2.24, 2.45) is 23.7 Å². The third kappa shape index (κ3) is 8.76. The van der Waals surface area contributed by atoms with E-state index in [1.807, 2.05) is 18.2 Å². The summed E-state index contributed by atoms with van der Waals surface area (Å²) < 4.78 is 63.3. The molecule has 0 saturated carbocycles. The van der Waals surface area contributed by atoms with Crippen molar-refractivity contribution in [2.75, 3.05) is 20.7 Å². The van der Waals surface area contributed by atoms with E-state index in [4.69, 9.17) is 28.4 Å². The van der Waals surface area contributed by atoms with E-state index in [2.05, 4.69) is 12.1 Å². The molecule has 4 aliphatic rings. The fourth-order valence-corrected chi connectivity index (χ4v) is 10.9. The first kappa shape index (κ1) is 47.5. The standard InChI is InChI=1S/C47H64F2N2O11/c1-10-35-46(7)40(51(44(56)62-46)23-17-16-20-31-18-12-11-13-19-31)28(3)37(52)27(2)25-45(6,57-9)47(30(5)38(53)29(4)41(55)59-35)36-24-33(39(54)42(60-36)61-47)50(8)26-32-21-14-15-22-34(32)58-43(48)49/h11-15,18-19,21-22,27-30,33,35-36,39-40,42-43,54H,10,16-17,20,23-26H2,1-9H3/t27-,28+,29-,30+,33+,35?,36?,39-,40-,42+,45-,46-,47+/m1/s1. The summed E-state index contributed by atoms with van der Waals surface area (Å²) in [4.78, 5) is 61.2. The number of benzene rings is 2. The van der Waals surface area contributed by atoms with E-state index in [9.17, 15) is 33.1 Å². The number of hydrogen-bond acceptors (Lipinski definition) is 12. The van der Waals surface area contributed by atoms with Crippen molar-refractivity contribution < 1.29 is 61.5 Å². The smallest absolute Gasteiger partial charge is 0.410 e. The van der Waals surface area contributed by atoms with E-state index in [1.54, 1.807) is 76.6 Å². The number of aliphatic hydroxyl groups is 1. The number of carbonyl (C=O) groups excluding carboxylic acids is 4. The van der Waals surface area contributed by atoms with Gasteiger partial charge in [-0.25, -0.2) is 4.79 Å². The normalized spacial score (nSPS) is 36.8. The van der Waals surface area contributed by atoms with Gasteiger partial charge in [0.05, 0.1) is 23.7 Å². The van der Waals surface area contributed by atoms with E-state index in [0.29, 0.717) is 18.5 Å². The summed E-state index contributed by atoms with van der Waals surface area (Å²) in [5.41, 5.74) is -2.88. The fourth-order valence-electron chi connectivity index (χ4n) is 10.9. The van der Waals surface area contributed by atoms with Gasteiger partial charge < -0.3 is 38.4 Å². The number of unbranched alkanes of at least 4 members (excludes halogenated alkanes) is 1. The predicted molar refractivity (Wildman–Crippen MR) is 223 cm³/mol. The average molecular weight is 871 g/mol. The number of para-hydroxylation sites is 1. The molecule has 4 aliphatic heterocycles. The molecule has 4 heterocycles. The Morgan fingerprint density at radius 3 is 2.31 bits per heavy atom. The minimum absolute atomic E-state index is 0.00268. The molecule has 6 rings (SSSR count). The first-order valence-electron chi connectivity index (χ1n) is 21.9.